The van der Waals surface area contributed by atoms with Crippen molar-refractivity contribution in [2.24, 2.45) is 0 Å². The van der Waals surface area contributed by atoms with Gasteiger partial charge in [-0.3, -0.25) is 10.1 Å². The number of nitro groups is 1. The van der Waals surface area contributed by atoms with E-state index in [-0.39, 0.29) is 6.54 Å². The molecule has 0 aliphatic rings. The van der Waals surface area contributed by atoms with Gasteiger partial charge in [-0.1, -0.05) is 17.7 Å². The summed E-state index contributed by atoms with van der Waals surface area (Å²) in [6.07, 6.45) is 0. The van der Waals surface area contributed by atoms with Crippen LogP contribution in [0.4, 0.5) is 15.8 Å². The van der Waals surface area contributed by atoms with Crippen LogP contribution in [0.1, 0.15) is 11.1 Å². The van der Waals surface area contributed by atoms with Crippen LogP contribution in [0.3, 0.4) is 0 Å². The van der Waals surface area contributed by atoms with Gasteiger partial charge >= 0.3 is 5.69 Å². The molecule has 0 bridgehead atoms. The number of nitriles is 1. The van der Waals surface area contributed by atoms with E-state index in [1.54, 1.807) is 18.2 Å². The Labute approximate surface area is 124 Å². The Balaban J connectivity index is 2.17. The first-order valence-corrected chi connectivity index (χ1v) is 6.25. The van der Waals surface area contributed by atoms with Crippen molar-refractivity contribution in [3.8, 4) is 6.07 Å². The van der Waals surface area contributed by atoms with E-state index in [9.17, 15) is 14.5 Å². The van der Waals surface area contributed by atoms with E-state index in [1.807, 2.05) is 6.07 Å². The second kappa shape index (κ2) is 6.20. The van der Waals surface area contributed by atoms with E-state index in [2.05, 4.69) is 5.32 Å². The molecule has 0 aliphatic heterocycles. The lowest BCUT2D eigenvalue weighted by Crippen LogP contribution is -2.02. The van der Waals surface area contributed by atoms with Crippen molar-refractivity contribution in [1.29, 1.82) is 5.26 Å². The minimum absolute atomic E-state index is 0.212. The first kappa shape index (κ1) is 14.8. The van der Waals surface area contributed by atoms with Crippen LogP contribution in [0.15, 0.2) is 36.4 Å². The van der Waals surface area contributed by atoms with Gasteiger partial charge in [0.05, 0.1) is 16.2 Å². The number of nitrogens with one attached hydrogen (secondary N) is 1. The summed E-state index contributed by atoms with van der Waals surface area (Å²) in [5.74, 6) is -0.897. The summed E-state index contributed by atoms with van der Waals surface area (Å²) in [5, 5.41) is 22.9. The fraction of sp³-hybridized carbons (Fsp3) is 0.0714. The second-order valence-corrected chi connectivity index (χ2v) is 4.63. The van der Waals surface area contributed by atoms with Crippen LogP contribution in [0.5, 0.6) is 0 Å². The molecule has 21 heavy (non-hydrogen) atoms. The maximum Gasteiger partial charge on any atom is 0.304 e. The maximum atomic E-state index is 13.5. The molecule has 1 N–H and O–H groups in total. The summed E-state index contributed by atoms with van der Waals surface area (Å²) in [6.45, 7) is 0.212. The second-order valence-electron chi connectivity index (χ2n) is 4.20. The predicted molar refractivity (Wildman–Crippen MR) is 76.5 cm³/mol. The van der Waals surface area contributed by atoms with Crippen LogP contribution in [0.2, 0.25) is 5.02 Å². The van der Waals surface area contributed by atoms with Gasteiger partial charge in [-0.2, -0.15) is 9.65 Å². The van der Waals surface area contributed by atoms with E-state index in [4.69, 9.17) is 16.9 Å². The summed E-state index contributed by atoms with van der Waals surface area (Å²) in [5.41, 5.74) is 0.867. The number of benzene rings is 2. The summed E-state index contributed by atoms with van der Waals surface area (Å²) in [6, 6.07) is 10.4. The Morgan fingerprint density at radius 3 is 2.71 bits per heavy atom. The molecule has 106 valence electrons. The standard InChI is InChI=1S/C14H9ClFN3O2/c15-11-3-2-10(7-17)13(6-11)18-8-9-1-4-14(19(20)21)12(16)5-9/h1-6,18H,8H2. The van der Waals surface area contributed by atoms with Crippen LogP contribution in [0.25, 0.3) is 0 Å². The monoisotopic (exact) mass is 305 g/mol. The highest BCUT2D eigenvalue weighted by atomic mass is 35.5. The molecule has 0 saturated heterocycles. The van der Waals surface area contributed by atoms with Gasteiger partial charge in [0, 0.05) is 17.6 Å². The molecule has 0 aromatic heterocycles. The molecule has 0 radical (unpaired) electrons. The third kappa shape index (κ3) is 3.46. The predicted octanol–water partition coefficient (Wildman–Crippen LogP) is 3.87. The Bertz CT molecular complexity index is 743. The van der Waals surface area contributed by atoms with Gasteiger partial charge < -0.3 is 5.32 Å². The minimum Gasteiger partial charge on any atom is -0.380 e. The molecule has 0 atom stereocenters. The molecule has 2 aromatic rings. The highest BCUT2D eigenvalue weighted by Gasteiger charge is 2.13. The van der Waals surface area contributed by atoms with E-state index >= 15 is 0 Å². The van der Waals surface area contributed by atoms with Crippen LogP contribution in [0, 0.1) is 27.3 Å². The van der Waals surface area contributed by atoms with Crippen molar-refractivity contribution >= 4 is 23.0 Å². The summed E-state index contributed by atoms with van der Waals surface area (Å²) in [4.78, 5) is 9.75. The summed E-state index contributed by atoms with van der Waals surface area (Å²) in [7, 11) is 0. The molecule has 2 rings (SSSR count). The van der Waals surface area contributed by atoms with E-state index in [0.29, 0.717) is 21.8 Å². The summed E-state index contributed by atoms with van der Waals surface area (Å²) < 4.78 is 13.5. The molecule has 5 nitrogen and oxygen atoms in total. The Morgan fingerprint density at radius 1 is 1.33 bits per heavy atom. The SMILES string of the molecule is N#Cc1ccc(Cl)cc1NCc1ccc([N+](=O)[O-])c(F)c1. The summed E-state index contributed by atoms with van der Waals surface area (Å²) >= 11 is 5.85. The van der Waals surface area contributed by atoms with Crippen molar-refractivity contribution < 1.29 is 9.31 Å². The van der Waals surface area contributed by atoms with Crippen molar-refractivity contribution in [3.05, 3.63) is 68.5 Å². The molecule has 0 aliphatic carbocycles. The lowest BCUT2D eigenvalue weighted by molar-refractivity contribution is -0.387. The fourth-order valence-electron chi connectivity index (χ4n) is 1.77. The van der Waals surface area contributed by atoms with E-state index in [1.165, 1.54) is 6.07 Å². The largest absolute Gasteiger partial charge is 0.380 e. The minimum atomic E-state index is -0.897. The third-order valence-electron chi connectivity index (χ3n) is 2.79. The van der Waals surface area contributed by atoms with Gasteiger partial charge in [-0.25, -0.2) is 0 Å². The van der Waals surface area contributed by atoms with Crippen molar-refractivity contribution in [2.45, 2.75) is 6.54 Å². The van der Waals surface area contributed by atoms with Crippen LogP contribution >= 0.6 is 11.6 Å². The number of nitrogens with zero attached hydrogens (tertiary/aromatic N) is 2. The van der Waals surface area contributed by atoms with Gasteiger partial charge in [0.1, 0.15) is 6.07 Å². The topological polar surface area (TPSA) is 79.0 Å². The van der Waals surface area contributed by atoms with Crippen molar-refractivity contribution in [3.63, 3.8) is 0 Å². The van der Waals surface area contributed by atoms with Gasteiger partial charge in [0.15, 0.2) is 0 Å². The van der Waals surface area contributed by atoms with Gasteiger partial charge in [0.2, 0.25) is 5.82 Å². The number of hydrogen-bond acceptors (Lipinski definition) is 4. The number of rotatable bonds is 4. The zero-order valence-corrected chi connectivity index (χ0v) is 11.4. The molecule has 0 fully saturated rings. The molecule has 2 aromatic carbocycles. The van der Waals surface area contributed by atoms with Crippen LogP contribution < -0.4 is 5.32 Å². The molecule has 0 spiro atoms. The fourth-order valence-corrected chi connectivity index (χ4v) is 1.94. The van der Waals surface area contributed by atoms with E-state index < -0.39 is 16.4 Å². The quantitative estimate of drug-likeness (QED) is 0.687. The highest BCUT2D eigenvalue weighted by molar-refractivity contribution is 6.30. The number of hydrogen-bond donors (Lipinski definition) is 1. The molecule has 0 heterocycles. The number of halogens is 2. The highest BCUT2D eigenvalue weighted by Crippen LogP contribution is 2.22. The van der Waals surface area contributed by atoms with Gasteiger partial charge in [-0.15, -0.1) is 0 Å². The normalized spacial score (nSPS) is 9.95. The van der Waals surface area contributed by atoms with Crippen molar-refractivity contribution in [1.82, 2.24) is 0 Å². The molecule has 7 heteroatoms. The Kier molecular flexibility index (Phi) is 4.36. The maximum absolute atomic E-state index is 13.5. The smallest absolute Gasteiger partial charge is 0.304 e. The number of anilines is 1. The zero-order chi connectivity index (χ0) is 15.4. The lowest BCUT2D eigenvalue weighted by Gasteiger charge is -2.09. The van der Waals surface area contributed by atoms with Gasteiger partial charge in [-0.05, 0) is 29.8 Å². The van der Waals surface area contributed by atoms with Crippen LogP contribution in [-0.2, 0) is 6.54 Å². The Morgan fingerprint density at radius 2 is 2.10 bits per heavy atom. The zero-order valence-electron chi connectivity index (χ0n) is 10.6. The first-order valence-electron chi connectivity index (χ1n) is 5.87. The first-order chi connectivity index (χ1) is 10.0. The molecule has 0 amide bonds. The average molecular weight is 306 g/mol. The third-order valence-corrected chi connectivity index (χ3v) is 3.03. The molecule has 0 unspecified atom stereocenters. The Hall–Kier alpha value is -2.65. The van der Waals surface area contributed by atoms with Crippen LogP contribution in [-0.4, -0.2) is 4.92 Å². The van der Waals surface area contributed by atoms with Crippen molar-refractivity contribution in [2.75, 3.05) is 5.32 Å². The van der Waals surface area contributed by atoms with E-state index in [0.717, 1.165) is 12.1 Å². The molecular weight excluding hydrogens is 297 g/mol. The number of nitro benzene ring substituents is 1. The molecular formula is C14H9ClFN3O2. The van der Waals surface area contributed by atoms with Gasteiger partial charge in [0.25, 0.3) is 0 Å². The lowest BCUT2D eigenvalue weighted by atomic mass is 10.1. The average Bonchev–Trinajstić information content (AvgIpc) is 2.45. The molecule has 0 saturated carbocycles.